The van der Waals surface area contributed by atoms with Crippen LogP contribution in [0.2, 0.25) is 0 Å². The van der Waals surface area contributed by atoms with E-state index in [1.807, 2.05) is 21.9 Å². The zero-order chi connectivity index (χ0) is 15.9. The lowest BCUT2D eigenvalue weighted by molar-refractivity contribution is -0.138. The summed E-state index contributed by atoms with van der Waals surface area (Å²) in [5, 5.41) is 9.26. The van der Waals surface area contributed by atoms with Crippen LogP contribution in [0, 0.1) is 0 Å². The van der Waals surface area contributed by atoms with Crippen molar-refractivity contribution in [1.29, 1.82) is 0 Å². The Balaban J connectivity index is 1.98. The van der Waals surface area contributed by atoms with Gasteiger partial charge in [0.05, 0.1) is 13.2 Å². The number of carbonyl (C=O) groups is 1. The average Bonchev–Trinajstić information content (AvgIpc) is 2.48. The minimum atomic E-state index is 0.0542. The SMILES string of the molecule is CC1CCCC(C)N1C(=O)CN(CCO)Cc1cccnc1. The monoisotopic (exact) mass is 305 g/mol. The highest BCUT2D eigenvalue weighted by molar-refractivity contribution is 5.79. The van der Waals surface area contributed by atoms with E-state index in [1.54, 1.807) is 12.4 Å². The Morgan fingerprint density at radius 2 is 2.14 bits per heavy atom. The molecule has 5 nitrogen and oxygen atoms in total. The van der Waals surface area contributed by atoms with Crippen molar-refractivity contribution < 1.29 is 9.90 Å². The molecule has 1 aliphatic rings. The van der Waals surface area contributed by atoms with Gasteiger partial charge in [0.25, 0.3) is 0 Å². The van der Waals surface area contributed by atoms with Gasteiger partial charge in [-0.3, -0.25) is 14.7 Å². The molecule has 2 heterocycles. The van der Waals surface area contributed by atoms with Crippen molar-refractivity contribution in [2.24, 2.45) is 0 Å². The van der Waals surface area contributed by atoms with Gasteiger partial charge in [0.1, 0.15) is 0 Å². The Hall–Kier alpha value is -1.46. The van der Waals surface area contributed by atoms with Crippen LogP contribution in [0.15, 0.2) is 24.5 Å². The largest absolute Gasteiger partial charge is 0.395 e. The molecular formula is C17H27N3O2. The lowest BCUT2D eigenvalue weighted by Crippen LogP contribution is -2.51. The molecule has 5 heteroatoms. The van der Waals surface area contributed by atoms with Crippen LogP contribution in [-0.4, -0.2) is 57.6 Å². The number of aliphatic hydroxyl groups is 1. The van der Waals surface area contributed by atoms with Crippen LogP contribution in [-0.2, 0) is 11.3 Å². The second-order valence-corrected chi connectivity index (χ2v) is 6.23. The zero-order valence-corrected chi connectivity index (χ0v) is 13.6. The molecular weight excluding hydrogens is 278 g/mol. The summed E-state index contributed by atoms with van der Waals surface area (Å²) in [6.07, 6.45) is 6.91. The quantitative estimate of drug-likeness (QED) is 0.868. The number of hydrogen-bond donors (Lipinski definition) is 1. The smallest absolute Gasteiger partial charge is 0.237 e. The van der Waals surface area contributed by atoms with Crippen molar-refractivity contribution in [3.63, 3.8) is 0 Å². The van der Waals surface area contributed by atoms with Crippen molar-refractivity contribution in [3.8, 4) is 0 Å². The maximum absolute atomic E-state index is 12.7. The lowest BCUT2D eigenvalue weighted by Gasteiger charge is -2.40. The fourth-order valence-electron chi connectivity index (χ4n) is 3.29. The maximum atomic E-state index is 12.7. The van der Waals surface area contributed by atoms with Gasteiger partial charge in [0.2, 0.25) is 5.91 Å². The molecule has 22 heavy (non-hydrogen) atoms. The van der Waals surface area contributed by atoms with Crippen LogP contribution < -0.4 is 0 Å². The molecule has 0 saturated carbocycles. The van der Waals surface area contributed by atoms with Crippen LogP contribution >= 0.6 is 0 Å². The first-order valence-corrected chi connectivity index (χ1v) is 8.15. The highest BCUT2D eigenvalue weighted by Crippen LogP contribution is 2.22. The van der Waals surface area contributed by atoms with Gasteiger partial charge in [-0.1, -0.05) is 6.07 Å². The zero-order valence-electron chi connectivity index (χ0n) is 13.6. The molecule has 2 atom stereocenters. The molecule has 1 N–H and O–H groups in total. The molecule has 2 rings (SSSR count). The Morgan fingerprint density at radius 3 is 2.73 bits per heavy atom. The van der Waals surface area contributed by atoms with Crippen molar-refractivity contribution in [2.75, 3.05) is 19.7 Å². The third-order valence-corrected chi connectivity index (χ3v) is 4.39. The summed E-state index contributed by atoms with van der Waals surface area (Å²) < 4.78 is 0. The Bertz CT molecular complexity index is 456. The van der Waals surface area contributed by atoms with Gasteiger partial charge in [-0.2, -0.15) is 0 Å². The first-order chi connectivity index (χ1) is 10.6. The lowest BCUT2D eigenvalue weighted by atomic mass is 9.97. The summed E-state index contributed by atoms with van der Waals surface area (Å²) in [5.41, 5.74) is 1.06. The molecule has 1 fully saturated rings. The van der Waals surface area contributed by atoms with E-state index in [2.05, 4.69) is 18.8 Å². The summed E-state index contributed by atoms with van der Waals surface area (Å²) in [6.45, 7) is 5.80. The Morgan fingerprint density at radius 1 is 1.41 bits per heavy atom. The number of aromatic nitrogens is 1. The van der Waals surface area contributed by atoms with Crippen molar-refractivity contribution >= 4 is 5.91 Å². The van der Waals surface area contributed by atoms with E-state index in [4.69, 9.17) is 0 Å². The Labute approximate surface area is 132 Å². The van der Waals surface area contributed by atoms with E-state index in [1.165, 1.54) is 6.42 Å². The van der Waals surface area contributed by atoms with E-state index in [0.717, 1.165) is 18.4 Å². The molecule has 1 amide bonds. The van der Waals surface area contributed by atoms with Gasteiger partial charge in [-0.05, 0) is 44.7 Å². The molecule has 0 radical (unpaired) electrons. The maximum Gasteiger partial charge on any atom is 0.237 e. The number of hydrogen-bond acceptors (Lipinski definition) is 4. The topological polar surface area (TPSA) is 56.7 Å². The van der Waals surface area contributed by atoms with E-state index in [0.29, 0.717) is 31.7 Å². The van der Waals surface area contributed by atoms with Crippen molar-refractivity contribution in [2.45, 2.75) is 51.7 Å². The van der Waals surface area contributed by atoms with Crippen LogP contribution in [0.25, 0.3) is 0 Å². The normalized spacial score (nSPS) is 22.1. The summed E-state index contributed by atoms with van der Waals surface area (Å²) in [7, 11) is 0. The third-order valence-electron chi connectivity index (χ3n) is 4.39. The number of amides is 1. The average molecular weight is 305 g/mol. The third kappa shape index (κ3) is 4.52. The first kappa shape index (κ1) is 16.9. The fraction of sp³-hybridized carbons (Fsp3) is 0.647. The minimum absolute atomic E-state index is 0.0542. The molecule has 0 aliphatic carbocycles. The molecule has 0 aromatic carbocycles. The van der Waals surface area contributed by atoms with Crippen molar-refractivity contribution in [1.82, 2.24) is 14.8 Å². The summed E-state index contributed by atoms with van der Waals surface area (Å²) in [4.78, 5) is 20.8. The summed E-state index contributed by atoms with van der Waals surface area (Å²) in [5.74, 6) is 0.164. The number of likely N-dealkylation sites (tertiary alicyclic amines) is 1. The van der Waals surface area contributed by atoms with Crippen LogP contribution in [0.3, 0.4) is 0 Å². The molecule has 0 spiro atoms. The number of nitrogens with zero attached hydrogens (tertiary/aromatic N) is 3. The molecule has 1 aromatic heterocycles. The number of rotatable bonds is 6. The summed E-state index contributed by atoms with van der Waals surface area (Å²) in [6, 6.07) is 4.51. The molecule has 1 saturated heterocycles. The number of piperidine rings is 1. The van der Waals surface area contributed by atoms with E-state index in [9.17, 15) is 9.90 Å². The minimum Gasteiger partial charge on any atom is -0.395 e. The molecule has 2 unspecified atom stereocenters. The molecule has 0 bridgehead atoms. The first-order valence-electron chi connectivity index (χ1n) is 8.15. The molecule has 1 aromatic rings. The fourth-order valence-corrected chi connectivity index (χ4v) is 3.29. The van der Waals surface area contributed by atoms with Gasteiger partial charge in [-0.25, -0.2) is 0 Å². The number of aliphatic hydroxyl groups excluding tert-OH is 1. The van der Waals surface area contributed by atoms with Crippen LogP contribution in [0.5, 0.6) is 0 Å². The number of carbonyl (C=O) groups excluding carboxylic acids is 1. The van der Waals surface area contributed by atoms with E-state index < -0.39 is 0 Å². The van der Waals surface area contributed by atoms with Crippen molar-refractivity contribution in [3.05, 3.63) is 30.1 Å². The van der Waals surface area contributed by atoms with E-state index >= 15 is 0 Å². The van der Waals surface area contributed by atoms with Gasteiger partial charge >= 0.3 is 0 Å². The molecule has 122 valence electrons. The van der Waals surface area contributed by atoms with Gasteiger partial charge in [0.15, 0.2) is 0 Å². The van der Waals surface area contributed by atoms with Crippen LogP contribution in [0.1, 0.15) is 38.7 Å². The highest BCUT2D eigenvalue weighted by atomic mass is 16.3. The van der Waals surface area contributed by atoms with Gasteiger partial charge in [0, 0.05) is 37.6 Å². The Kier molecular flexibility index (Phi) is 6.34. The second-order valence-electron chi connectivity index (χ2n) is 6.23. The van der Waals surface area contributed by atoms with Gasteiger partial charge < -0.3 is 10.0 Å². The standard InChI is InChI=1S/C17H27N3O2/c1-14-5-3-6-15(2)20(14)17(22)13-19(9-10-21)12-16-7-4-8-18-11-16/h4,7-8,11,14-15,21H,3,5-6,9-10,12-13H2,1-2H3. The van der Waals surface area contributed by atoms with E-state index in [-0.39, 0.29) is 12.5 Å². The highest BCUT2D eigenvalue weighted by Gasteiger charge is 2.29. The second kappa shape index (κ2) is 8.25. The predicted octanol–water partition coefficient (Wildman–Crippen LogP) is 1.67. The number of pyridine rings is 1. The predicted molar refractivity (Wildman–Crippen MR) is 86.2 cm³/mol. The van der Waals surface area contributed by atoms with Crippen LogP contribution in [0.4, 0.5) is 0 Å². The molecule has 1 aliphatic heterocycles. The van der Waals surface area contributed by atoms with Gasteiger partial charge in [-0.15, -0.1) is 0 Å². The summed E-state index contributed by atoms with van der Waals surface area (Å²) >= 11 is 0.